The topological polar surface area (TPSA) is 43.8 Å². The smallest absolute Gasteiger partial charge is 0.232 e. The second kappa shape index (κ2) is 8.92. The van der Waals surface area contributed by atoms with Crippen LogP contribution in [0.4, 0.5) is 0 Å². The zero-order chi connectivity index (χ0) is 16.8. The van der Waals surface area contributed by atoms with E-state index >= 15 is 0 Å². The van der Waals surface area contributed by atoms with E-state index in [0.717, 1.165) is 36.0 Å². The van der Waals surface area contributed by atoms with Gasteiger partial charge < -0.3 is 10.0 Å². The Bertz CT molecular complexity index is 527. The molecule has 2 atom stereocenters. The molecule has 1 aliphatic heterocycles. The van der Waals surface area contributed by atoms with Crippen LogP contribution in [-0.4, -0.2) is 64.9 Å². The Morgan fingerprint density at radius 1 is 1.48 bits per heavy atom. The van der Waals surface area contributed by atoms with Gasteiger partial charge in [0.15, 0.2) is 0 Å². The summed E-state index contributed by atoms with van der Waals surface area (Å²) < 4.78 is 0. The number of nitrogens with zero attached hydrogens (tertiary/aromatic N) is 2. The Kier molecular flexibility index (Phi) is 7.21. The van der Waals surface area contributed by atoms with E-state index in [2.05, 4.69) is 11.8 Å². The molecule has 1 aliphatic rings. The van der Waals surface area contributed by atoms with Crippen LogP contribution in [-0.2, 0) is 10.5 Å². The normalized spacial score (nSPS) is 20.5. The van der Waals surface area contributed by atoms with E-state index in [1.807, 2.05) is 29.2 Å². The van der Waals surface area contributed by atoms with Gasteiger partial charge in [-0.15, -0.1) is 11.8 Å². The van der Waals surface area contributed by atoms with Crippen molar-refractivity contribution >= 4 is 29.3 Å². The van der Waals surface area contributed by atoms with Gasteiger partial charge in [0.25, 0.3) is 0 Å². The fourth-order valence-corrected chi connectivity index (χ4v) is 3.89. The van der Waals surface area contributed by atoms with Gasteiger partial charge in [0, 0.05) is 43.0 Å². The van der Waals surface area contributed by atoms with Gasteiger partial charge in [0.05, 0.1) is 11.9 Å². The number of carbonyl (C=O) groups is 1. The minimum Gasteiger partial charge on any atom is -0.392 e. The summed E-state index contributed by atoms with van der Waals surface area (Å²) in [5.74, 6) is 1.49. The maximum absolute atomic E-state index is 12.3. The van der Waals surface area contributed by atoms with Gasteiger partial charge in [0.1, 0.15) is 0 Å². The third-order valence-corrected chi connectivity index (χ3v) is 5.22. The number of hydrogen-bond acceptors (Lipinski definition) is 4. The summed E-state index contributed by atoms with van der Waals surface area (Å²) >= 11 is 7.59. The molecule has 0 saturated carbocycles. The molecule has 0 bridgehead atoms. The standard InChI is InChI=1S/C17H25ClN2O2S/c1-13-9-20(7-6-19(13)10-14(2)21)17(22)12-23-11-15-4-3-5-16(18)8-15/h3-5,8,13-14,21H,6-7,9-12H2,1-2H3/t13-,14+/m0/s1. The van der Waals surface area contributed by atoms with Crippen molar-refractivity contribution in [3.63, 3.8) is 0 Å². The number of β-amino-alcohol motifs (C(OH)–C–C–N with tert-alkyl or cyclic N) is 1. The highest BCUT2D eigenvalue weighted by Crippen LogP contribution is 2.18. The summed E-state index contributed by atoms with van der Waals surface area (Å²) in [4.78, 5) is 16.5. The number of amides is 1. The zero-order valence-electron chi connectivity index (χ0n) is 13.7. The Labute approximate surface area is 147 Å². The molecule has 23 heavy (non-hydrogen) atoms. The van der Waals surface area contributed by atoms with Crippen molar-refractivity contribution in [2.45, 2.75) is 31.7 Å². The van der Waals surface area contributed by atoms with Gasteiger partial charge in [-0.1, -0.05) is 23.7 Å². The molecule has 0 aliphatic carbocycles. The summed E-state index contributed by atoms with van der Waals surface area (Å²) in [5, 5.41) is 10.2. The van der Waals surface area contributed by atoms with E-state index < -0.39 is 0 Å². The molecule has 1 saturated heterocycles. The molecule has 0 unspecified atom stereocenters. The molecular weight excluding hydrogens is 332 g/mol. The molecule has 1 aromatic rings. The van der Waals surface area contributed by atoms with E-state index in [1.54, 1.807) is 18.7 Å². The van der Waals surface area contributed by atoms with Crippen molar-refractivity contribution in [2.24, 2.45) is 0 Å². The highest BCUT2D eigenvalue weighted by Gasteiger charge is 2.26. The maximum atomic E-state index is 12.3. The number of carbonyl (C=O) groups excluding carboxylic acids is 1. The summed E-state index contributed by atoms with van der Waals surface area (Å²) in [6, 6.07) is 8.05. The molecule has 1 heterocycles. The predicted molar refractivity (Wildman–Crippen MR) is 96.9 cm³/mol. The predicted octanol–water partition coefficient (Wildman–Crippen LogP) is 2.49. The molecule has 4 nitrogen and oxygen atoms in total. The van der Waals surface area contributed by atoms with Gasteiger partial charge in [-0.25, -0.2) is 0 Å². The summed E-state index contributed by atoms with van der Waals surface area (Å²) in [7, 11) is 0. The largest absolute Gasteiger partial charge is 0.392 e. The number of benzene rings is 1. The lowest BCUT2D eigenvalue weighted by molar-refractivity contribution is -0.131. The molecule has 0 spiro atoms. The average Bonchev–Trinajstić information content (AvgIpc) is 2.49. The molecule has 1 aromatic carbocycles. The molecule has 2 rings (SSSR count). The Balaban J connectivity index is 1.74. The zero-order valence-corrected chi connectivity index (χ0v) is 15.3. The van der Waals surface area contributed by atoms with E-state index in [9.17, 15) is 9.90 Å². The number of aliphatic hydroxyl groups excluding tert-OH is 1. The summed E-state index contributed by atoms with van der Waals surface area (Å²) in [6.07, 6.45) is -0.326. The Morgan fingerprint density at radius 3 is 2.91 bits per heavy atom. The molecule has 6 heteroatoms. The van der Waals surface area contributed by atoms with Crippen LogP contribution in [0, 0.1) is 0 Å². The number of rotatable bonds is 6. The first-order valence-corrected chi connectivity index (χ1v) is 9.51. The minimum absolute atomic E-state index is 0.195. The van der Waals surface area contributed by atoms with Crippen LogP contribution in [0.25, 0.3) is 0 Å². The van der Waals surface area contributed by atoms with Crippen molar-refractivity contribution in [2.75, 3.05) is 31.9 Å². The molecule has 128 valence electrons. The van der Waals surface area contributed by atoms with Gasteiger partial charge >= 0.3 is 0 Å². The summed E-state index contributed by atoms with van der Waals surface area (Å²) in [6.45, 7) is 6.90. The van der Waals surface area contributed by atoms with Crippen LogP contribution in [0.1, 0.15) is 19.4 Å². The monoisotopic (exact) mass is 356 g/mol. The second-order valence-corrected chi connectivity index (χ2v) is 7.58. The summed E-state index contributed by atoms with van der Waals surface area (Å²) in [5.41, 5.74) is 1.14. The number of hydrogen-bond donors (Lipinski definition) is 1. The van der Waals surface area contributed by atoms with Gasteiger partial charge in [0.2, 0.25) is 5.91 Å². The molecule has 0 aromatic heterocycles. The number of piperazine rings is 1. The van der Waals surface area contributed by atoms with Crippen LogP contribution in [0.2, 0.25) is 5.02 Å². The first-order chi connectivity index (χ1) is 11.0. The molecule has 1 N–H and O–H groups in total. The van der Waals surface area contributed by atoms with E-state index in [1.165, 1.54) is 0 Å². The number of thioether (sulfide) groups is 1. The van der Waals surface area contributed by atoms with Gasteiger partial charge in [-0.2, -0.15) is 0 Å². The lowest BCUT2D eigenvalue weighted by Gasteiger charge is -2.40. The van der Waals surface area contributed by atoms with Crippen molar-refractivity contribution in [1.29, 1.82) is 0 Å². The van der Waals surface area contributed by atoms with Crippen LogP contribution in [0.5, 0.6) is 0 Å². The third-order valence-electron chi connectivity index (χ3n) is 4.00. The number of aliphatic hydroxyl groups is 1. The van der Waals surface area contributed by atoms with E-state index in [0.29, 0.717) is 18.3 Å². The third kappa shape index (κ3) is 5.99. The van der Waals surface area contributed by atoms with Crippen LogP contribution in [0.15, 0.2) is 24.3 Å². The SMILES string of the molecule is C[C@@H](O)CN1CCN(C(=O)CSCc2cccc(Cl)c2)C[C@@H]1C. The fraction of sp³-hybridized carbons (Fsp3) is 0.588. The first-order valence-electron chi connectivity index (χ1n) is 7.98. The Hall–Kier alpha value is -0.750. The quantitative estimate of drug-likeness (QED) is 0.850. The first kappa shape index (κ1) is 18.6. The van der Waals surface area contributed by atoms with E-state index in [-0.39, 0.29) is 12.0 Å². The molecule has 1 amide bonds. The van der Waals surface area contributed by atoms with Crippen molar-refractivity contribution in [1.82, 2.24) is 9.80 Å². The number of halogens is 1. The maximum Gasteiger partial charge on any atom is 0.232 e. The lowest BCUT2D eigenvalue weighted by Crippen LogP contribution is -2.55. The van der Waals surface area contributed by atoms with Crippen molar-refractivity contribution in [3.05, 3.63) is 34.9 Å². The fourth-order valence-electron chi connectivity index (χ4n) is 2.81. The average molecular weight is 357 g/mol. The highest BCUT2D eigenvalue weighted by atomic mass is 35.5. The second-order valence-electron chi connectivity index (χ2n) is 6.16. The molecular formula is C17H25ClN2O2S. The van der Waals surface area contributed by atoms with Gasteiger partial charge in [-0.3, -0.25) is 9.69 Å². The lowest BCUT2D eigenvalue weighted by atomic mass is 10.1. The highest BCUT2D eigenvalue weighted by molar-refractivity contribution is 7.99. The molecule has 1 fully saturated rings. The van der Waals surface area contributed by atoms with Crippen LogP contribution in [0.3, 0.4) is 0 Å². The van der Waals surface area contributed by atoms with E-state index in [4.69, 9.17) is 11.6 Å². The van der Waals surface area contributed by atoms with Crippen LogP contribution >= 0.6 is 23.4 Å². The van der Waals surface area contributed by atoms with Gasteiger partial charge in [-0.05, 0) is 31.5 Å². The minimum atomic E-state index is -0.326. The van der Waals surface area contributed by atoms with Crippen molar-refractivity contribution < 1.29 is 9.90 Å². The Morgan fingerprint density at radius 2 is 2.26 bits per heavy atom. The van der Waals surface area contributed by atoms with Crippen molar-refractivity contribution in [3.8, 4) is 0 Å². The molecule has 0 radical (unpaired) electrons. The van der Waals surface area contributed by atoms with Crippen LogP contribution < -0.4 is 0 Å².